The van der Waals surface area contributed by atoms with Crippen LogP contribution in [0, 0.1) is 0 Å². The number of ether oxygens (including phenoxy) is 2. The summed E-state index contributed by atoms with van der Waals surface area (Å²) >= 11 is 7.32. The van der Waals surface area contributed by atoms with Crippen LogP contribution in [0.1, 0.15) is 12.0 Å². The van der Waals surface area contributed by atoms with Crippen molar-refractivity contribution in [2.45, 2.75) is 6.42 Å². The standard InChI is InChI=1S/C21H21ClN2O3S/c1-26-13-3-12-24-20(25)19(14-15-4-6-16(22)7-5-15)28-21(24)23-17-8-10-18(27-2)11-9-17/h4-11,14H,3,12-13H2,1-2H3/b19-14+,23-21?. The minimum atomic E-state index is -0.0525. The molecule has 146 valence electrons. The van der Waals surface area contributed by atoms with Gasteiger partial charge in [-0.1, -0.05) is 23.7 Å². The van der Waals surface area contributed by atoms with Crippen LogP contribution in [0.25, 0.3) is 6.08 Å². The highest BCUT2D eigenvalue weighted by Crippen LogP contribution is 2.34. The number of carbonyl (C=O) groups is 1. The van der Waals surface area contributed by atoms with Gasteiger partial charge >= 0.3 is 0 Å². The van der Waals surface area contributed by atoms with Crippen LogP contribution in [0.2, 0.25) is 5.02 Å². The van der Waals surface area contributed by atoms with Gasteiger partial charge in [0.15, 0.2) is 5.17 Å². The number of amidine groups is 1. The molecule has 0 saturated carbocycles. The zero-order valence-corrected chi connectivity index (χ0v) is 17.3. The summed E-state index contributed by atoms with van der Waals surface area (Å²) in [5.41, 5.74) is 1.68. The summed E-state index contributed by atoms with van der Waals surface area (Å²) in [5.74, 6) is 0.711. The van der Waals surface area contributed by atoms with Crippen LogP contribution >= 0.6 is 23.4 Å². The van der Waals surface area contributed by atoms with E-state index in [0.717, 1.165) is 23.4 Å². The Balaban J connectivity index is 1.87. The van der Waals surface area contributed by atoms with Crippen molar-refractivity contribution in [3.05, 3.63) is 64.0 Å². The summed E-state index contributed by atoms with van der Waals surface area (Å²) in [7, 11) is 3.27. The van der Waals surface area contributed by atoms with Crippen LogP contribution in [0.15, 0.2) is 58.4 Å². The fourth-order valence-electron chi connectivity index (χ4n) is 2.63. The zero-order chi connectivity index (χ0) is 19.9. The Hall–Kier alpha value is -2.28. The monoisotopic (exact) mass is 416 g/mol. The van der Waals surface area contributed by atoms with Crippen LogP contribution in [0.5, 0.6) is 5.75 Å². The quantitative estimate of drug-likeness (QED) is 0.471. The lowest BCUT2D eigenvalue weighted by atomic mass is 10.2. The highest BCUT2D eigenvalue weighted by atomic mass is 35.5. The van der Waals surface area contributed by atoms with Gasteiger partial charge in [0.05, 0.1) is 17.7 Å². The van der Waals surface area contributed by atoms with Crippen molar-refractivity contribution in [3.63, 3.8) is 0 Å². The van der Waals surface area contributed by atoms with Gasteiger partial charge in [-0.3, -0.25) is 9.69 Å². The molecule has 0 radical (unpaired) electrons. The van der Waals surface area contributed by atoms with E-state index >= 15 is 0 Å². The van der Waals surface area contributed by atoms with Crippen LogP contribution in [0.4, 0.5) is 5.69 Å². The summed E-state index contributed by atoms with van der Waals surface area (Å²) in [6.07, 6.45) is 2.60. The second-order valence-corrected chi connectivity index (χ2v) is 7.50. The summed E-state index contributed by atoms with van der Waals surface area (Å²) < 4.78 is 10.3. The first-order valence-corrected chi connectivity index (χ1v) is 9.99. The third-order valence-corrected chi connectivity index (χ3v) is 5.34. The van der Waals surface area contributed by atoms with E-state index in [9.17, 15) is 4.79 Å². The van der Waals surface area contributed by atoms with Crippen LogP contribution in [-0.2, 0) is 9.53 Å². The van der Waals surface area contributed by atoms with E-state index in [1.807, 2.05) is 42.5 Å². The maximum absolute atomic E-state index is 12.9. The van der Waals surface area contributed by atoms with Crippen LogP contribution in [-0.4, -0.2) is 43.3 Å². The van der Waals surface area contributed by atoms with Crippen molar-refractivity contribution in [3.8, 4) is 5.75 Å². The van der Waals surface area contributed by atoms with Gasteiger partial charge in [-0.05, 0) is 66.2 Å². The third-order valence-electron chi connectivity index (χ3n) is 4.08. The van der Waals surface area contributed by atoms with Crippen molar-refractivity contribution in [1.29, 1.82) is 0 Å². The number of thioether (sulfide) groups is 1. The molecule has 5 nitrogen and oxygen atoms in total. The molecular formula is C21H21ClN2O3S. The van der Waals surface area contributed by atoms with E-state index in [4.69, 9.17) is 21.1 Å². The number of halogens is 1. The molecule has 28 heavy (non-hydrogen) atoms. The van der Waals surface area contributed by atoms with E-state index in [1.165, 1.54) is 11.8 Å². The molecule has 0 N–H and O–H groups in total. The second-order valence-electron chi connectivity index (χ2n) is 6.06. The number of carbonyl (C=O) groups excluding carboxylic acids is 1. The lowest BCUT2D eigenvalue weighted by Crippen LogP contribution is -2.30. The molecule has 7 heteroatoms. The number of nitrogens with zero attached hydrogens (tertiary/aromatic N) is 2. The molecule has 1 aliphatic heterocycles. The minimum Gasteiger partial charge on any atom is -0.497 e. The first kappa shape index (κ1) is 20.5. The average molecular weight is 417 g/mol. The Labute approximate surface area is 174 Å². The lowest BCUT2D eigenvalue weighted by molar-refractivity contribution is -0.122. The average Bonchev–Trinajstić information content (AvgIpc) is 2.99. The fraction of sp³-hybridized carbons (Fsp3) is 0.238. The third kappa shape index (κ3) is 5.16. The van der Waals surface area contributed by atoms with E-state index in [1.54, 1.807) is 31.3 Å². The molecule has 1 amide bonds. The number of hydrogen-bond donors (Lipinski definition) is 0. The molecule has 0 unspecified atom stereocenters. The summed E-state index contributed by atoms with van der Waals surface area (Å²) in [6.45, 7) is 1.13. The van der Waals surface area contributed by atoms with Gasteiger partial charge in [0.25, 0.3) is 5.91 Å². The molecule has 1 fully saturated rings. The van der Waals surface area contributed by atoms with E-state index in [2.05, 4.69) is 4.99 Å². The van der Waals surface area contributed by atoms with Gasteiger partial charge in [0.1, 0.15) is 5.75 Å². The summed E-state index contributed by atoms with van der Waals surface area (Å²) in [5, 5.41) is 1.32. The highest BCUT2D eigenvalue weighted by Gasteiger charge is 2.33. The van der Waals surface area contributed by atoms with Gasteiger partial charge in [0, 0.05) is 25.3 Å². The first-order valence-electron chi connectivity index (χ1n) is 8.79. The number of hydrogen-bond acceptors (Lipinski definition) is 5. The Morgan fingerprint density at radius 2 is 1.82 bits per heavy atom. The van der Waals surface area contributed by atoms with E-state index in [-0.39, 0.29) is 5.91 Å². The van der Waals surface area contributed by atoms with Gasteiger partial charge in [-0.25, -0.2) is 4.99 Å². The Bertz CT molecular complexity index is 880. The lowest BCUT2D eigenvalue weighted by Gasteiger charge is -2.15. The Morgan fingerprint density at radius 1 is 1.11 bits per heavy atom. The first-order chi connectivity index (χ1) is 13.6. The van der Waals surface area contributed by atoms with Crippen molar-refractivity contribution < 1.29 is 14.3 Å². The molecule has 3 rings (SSSR count). The van der Waals surface area contributed by atoms with Crippen LogP contribution < -0.4 is 4.74 Å². The minimum absolute atomic E-state index is 0.0525. The molecule has 0 aromatic heterocycles. The van der Waals surface area contributed by atoms with Crippen molar-refractivity contribution in [2.75, 3.05) is 27.4 Å². The Kier molecular flexibility index (Phi) is 7.14. The van der Waals surface area contributed by atoms with Gasteiger partial charge < -0.3 is 9.47 Å². The molecule has 0 spiro atoms. The number of aliphatic imine (C=N–C) groups is 1. The summed E-state index contributed by atoms with van der Waals surface area (Å²) in [4.78, 5) is 20.0. The second kappa shape index (κ2) is 9.78. The number of amides is 1. The number of rotatable bonds is 7. The Morgan fingerprint density at radius 3 is 2.46 bits per heavy atom. The molecule has 0 aliphatic carbocycles. The molecule has 1 heterocycles. The van der Waals surface area contributed by atoms with Crippen molar-refractivity contribution in [2.24, 2.45) is 4.99 Å². The van der Waals surface area contributed by atoms with Crippen molar-refractivity contribution >= 4 is 46.2 Å². The maximum Gasteiger partial charge on any atom is 0.266 e. The van der Waals surface area contributed by atoms with Crippen molar-refractivity contribution in [1.82, 2.24) is 4.90 Å². The predicted octanol–water partition coefficient (Wildman–Crippen LogP) is 4.99. The molecule has 1 saturated heterocycles. The van der Waals surface area contributed by atoms with E-state index in [0.29, 0.717) is 28.2 Å². The number of methoxy groups -OCH3 is 2. The molecule has 0 atom stereocenters. The van der Waals surface area contributed by atoms with Crippen LogP contribution in [0.3, 0.4) is 0 Å². The van der Waals surface area contributed by atoms with Gasteiger partial charge in [-0.15, -0.1) is 0 Å². The maximum atomic E-state index is 12.9. The predicted molar refractivity (Wildman–Crippen MR) is 115 cm³/mol. The molecule has 0 bridgehead atoms. The molecule has 2 aromatic carbocycles. The van der Waals surface area contributed by atoms with Gasteiger partial charge in [-0.2, -0.15) is 0 Å². The smallest absolute Gasteiger partial charge is 0.266 e. The SMILES string of the molecule is COCCCN1C(=O)/C(=C\c2ccc(Cl)cc2)SC1=Nc1ccc(OC)cc1. The normalized spacial score (nSPS) is 17.0. The zero-order valence-electron chi connectivity index (χ0n) is 15.7. The molecule has 2 aromatic rings. The molecule has 1 aliphatic rings. The number of benzene rings is 2. The molecular weight excluding hydrogens is 396 g/mol. The highest BCUT2D eigenvalue weighted by molar-refractivity contribution is 8.18. The van der Waals surface area contributed by atoms with E-state index < -0.39 is 0 Å². The largest absolute Gasteiger partial charge is 0.497 e. The topological polar surface area (TPSA) is 51.1 Å². The van der Waals surface area contributed by atoms with Gasteiger partial charge in [0.2, 0.25) is 0 Å². The fourth-order valence-corrected chi connectivity index (χ4v) is 3.78. The summed E-state index contributed by atoms with van der Waals surface area (Å²) in [6, 6.07) is 14.8.